The number of hydrogen-bond donors (Lipinski definition) is 0. The minimum atomic E-state index is -2.70. The molecular formula is C12H22O3PZn. The van der Waals surface area contributed by atoms with E-state index in [1.165, 1.54) is 38.5 Å². The maximum atomic E-state index is 12.4. The van der Waals surface area contributed by atoms with Crippen molar-refractivity contribution in [2.24, 2.45) is 0 Å². The molecule has 0 spiro atoms. The molecule has 3 nitrogen and oxygen atoms in total. The normalized spacial score (nSPS) is 25.1. The van der Waals surface area contributed by atoms with Gasteiger partial charge in [0, 0.05) is 0 Å². The Morgan fingerprint density at radius 1 is 0.765 bits per heavy atom. The van der Waals surface area contributed by atoms with Crippen LogP contribution in [0.1, 0.15) is 64.2 Å². The standard InChI is InChI=1S/C12H22O3P.Zn/c13-16(14-11-7-3-1-4-8-11)15-12-9-5-2-6-10-12;/h11-12H,1-10H2;/q+1;-1. The molecule has 5 heteroatoms. The summed E-state index contributed by atoms with van der Waals surface area (Å²) in [6.07, 6.45) is 12.1. The number of hydrogen-bond acceptors (Lipinski definition) is 3. The fourth-order valence-electron chi connectivity index (χ4n) is 2.82. The molecule has 2 aliphatic carbocycles. The molecule has 0 radical (unpaired) electrons. The first-order valence-corrected chi connectivity index (χ1v) is 12.7. The van der Waals surface area contributed by atoms with E-state index in [2.05, 4.69) is 0 Å². The van der Waals surface area contributed by atoms with Gasteiger partial charge in [-0.3, -0.25) is 0 Å². The van der Waals surface area contributed by atoms with E-state index >= 15 is 0 Å². The molecule has 0 bridgehead atoms. The fourth-order valence-corrected chi connectivity index (χ4v) is 6.85. The van der Waals surface area contributed by atoms with Gasteiger partial charge in [0.1, 0.15) is 0 Å². The van der Waals surface area contributed by atoms with Gasteiger partial charge in [-0.1, -0.05) is 0 Å². The predicted octanol–water partition coefficient (Wildman–Crippen LogP) is 4.34. The van der Waals surface area contributed by atoms with Crippen LogP contribution in [0.15, 0.2) is 0 Å². The molecule has 0 amide bonds. The molecular weight excluding hydrogens is 288 g/mol. The Morgan fingerprint density at radius 3 is 1.47 bits per heavy atom. The molecule has 0 aromatic carbocycles. The summed E-state index contributed by atoms with van der Waals surface area (Å²) in [5, 5.41) is 0. The first-order valence-electron chi connectivity index (χ1n) is 6.97. The Morgan fingerprint density at radius 2 is 1.12 bits per heavy atom. The van der Waals surface area contributed by atoms with Crippen molar-refractivity contribution < 1.29 is 31.4 Å². The minimum absolute atomic E-state index is 0.201. The SMILES string of the molecule is O=[P]([Zn])(OC1CCCCC1)OC1CCCCC1. The molecule has 2 fully saturated rings. The molecule has 2 saturated carbocycles. The summed E-state index contributed by atoms with van der Waals surface area (Å²) >= 11 is 0.639. The van der Waals surface area contributed by atoms with Crippen molar-refractivity contribution in [3.8, 4) is 0 Å². The molecule has 2 rings (SSSR count). The second kappa shape index (κ2) is 6.80. The zero-order valence-corrected chi connectivity index (χ0v) is 14.5. The Kier molecular flexibility index (Phi) is 5.68. The third-order valence-corrected chi connectivity index (χ3v) is 6.84. The van der Waals surface area contributed by atoms with Gasteiger partial charge in [-0.25, -0.2) is 0 Å². The fraction of sp³-hybridized carbons (Fsp3) is 1.00. The average molecular weight is 311 g/mol. The van der Waals surface area contributed by atoms with Crippen LogP contribution >= 0.6 is 5.93 Å². The summed E-state index contributed by atoms with van der Waals surface area (Å²) in [4.78, 5) is 0. The summed E-state index contributed by atoms with van der Waals surface area (Å²) < 4.78 is 23.9. The topological polar surface area (TPSA) is 35.5 Å². The van der Waals surface area contributed by atoms with Gasteiger partial charge in [0.05, 0.1) is 0 Å². The van der Waals surface area contributed by atoms with Gasteiger partial charge >= 0.3 is 114 Å². The molecule has 2 aliphatic rings. The second-order valence-electron chi connectivity index (χ2n) is 5.34. The van der Waals surface area contributed by atoms with Crippen molar-refractivity contribution in [2.75, 3.05) is 0 Å². The molecule has 0 atom stereocenters. The van der Waals surface area contributed by atoms with Crippen LogP contribution in [0.2, 0.25) is 0 Å². The van der Waals surface area contributed by atoms with E-state index in [9.17, 15) is 4.57 Å². The molecule has 0 heterocycles. The van der Waals surface area contributed by atoms with Crippen molar-refractivity contribution in [3.63, 3.8) is 0 Å². The molecule has 0 N–H and O–H groups in total. The van der Waals surface area contributed by atoms with E-state index in [-0.39, 0.29) is 12.2 Å². The van der Waals surface area contributed by atoms with E-state index in [0.717, 1.165) is 25.7 Å². The van der Waals surface area contributed by atoms with Gasteiger partial charge in [-0.15, -0.1) is 0 Å². The monoisotopic (exact) mass is 309 g/mol. The van der Waals surface area contributed by atoms with Gasteiger partial charge in [-0.05, 0) is 0 Å². The summed E-state index contributed by atoms with van der Waals surface area (Å²) in [5.41, 5.74) is 0. The molecule has 0 aliphatic heterocycles. The maximum absolute atomic E-state index is 12.4. The van der Waals surface area contributed by atoms with Gasteiger partial charge < -0.3 is 0 Å². The summed E-state index contributed by atoms with van der Waals surface area (Å²) in [6.45, 7) is 0. The van der Waals surface area contributed by atoms with Crippen molar-refractivity contribution in [2.45, 2.75) is 76.4 Å². The van der Waals surface area contributed by atoms with Crippen LogP contribution in [0.5, 0.6) is 0 Å². The summed E-state index contributed by atoms with van der Waals surface area (Å²) in [7, 11) is 0. The van der Waals surface area contributed by atoms with Gasteiger partial charge in [0.2, 0.25) is 0 Å². The molecule has 0 aromatic heterocycles. The quantitative estimate of drug-likeness (QED) is 0.572. The van der Waals surface area contributed by atoms with Crippen LogP contribution in [-0.2, 0) is 31.4 Å². The molecule has 17 heavy (non-hydrogen) atoms. The molecule has 0 saturated heterocycles. The van der Waals surface area contributed by atoms with Crippen LogP contribution in [0.3, 0.4) is 0 Å². The summed E-state index contributed by atoms with van der Waals surface area (Å²) in [6, 6.07) is 0. The van der Waals surface area contributed by atoms with E-state index < -0.39 is 5.93 Å². The first kappa shape index (κ1) is 14.2. The molecule has 0 aromatic rings. The zero-order chi connectivity index (χ0) is 12.1. The zero-order valence-electron chi connectivity index (χ0n) is 10.6. The average Bonchev–Trinajstić information content (AvgIpc) is 2.30. The van der Waals surface area contributed by atoms with Gasteiger partial charge in [0.25, 0.3) is 0 Å². The van der Waals surface area contributed by atoms with Crippen molar-refractivity contribution in [1.29, 1.82) is 0 Å². The predicted molar refractivity (Wildman–Crippen MR) is 63.5 cm³/mol. The van der Waals surface area contributed by atoms with Crippen molar-refractivity contribution in [3.05, 3.63) is 0 Å². The van der Waals surface area contributed by atoms with Crippen LogP contribution in [0.25, 0.3) is 0 Å². The Hall–Kier alpha value is 0.773. The van der Waals surface area contributed by atoms with E-state index in [1.807, 2.05) is 0 Å². The van der Waals surface area contributed by atoms with Crippen molar-refractivity contribution in [1.82, 2.24) is 0 Å². The van der Waals surface area contributed by atoms with E-state index in [0.29, 0.717) is 17.8 Å². The number of rotatable bonds is 4. The van der Waals surface area contributed by atoms with Crippen LogP contribution in [-0.4, -0.2) is 12.2 Å². The Bertz CT molecular complexity index is 249. The van der Waals surface area contributed by atoms with Crippen LogP contribution in [0, 0.1) is 0 Å². The van der Waals surface area contributed by atoms with E-state index in [4.69, 9.17) is 9.05 Å². The van der Waals surface area contributed by atoms with Crippen molar-refractivity contribution >= 4 is 5.93 Å². The summed E-state index contributed by atoms with van der Waals surface area (Å²) in [5.74, 6) is -2.70. The third-order valence-electron chi connectivity index (χ3n) is 3.72. The van der Waals surface area contributed by atoms with E-state index in [1.54, 1.807) is 0 Å². The third kappa shape index (κ3) is 5.11. The Labute approximate surface area is 114 Å². The van der Waals surface area contributed by atoms with Crippen LogP contribution in [0.4, 0.5) is 0 Å². The molecule has 0 unspecified atom stereocenters. The van der Waals surface area contributed by atoms with Gasteiger partial charge in [0.15, 0.2) is 0 Å². The second-order valence-corrected chi connectivity index (χ2v) is 11.9. The van der Waals surface area contributed by atoms with Crippen LogP contribution < -0.4 is 0 Å². The Balaban J connectivity index is 1.78. The molecule has 95 valence electrons. The van der Waals surface area contributed by atoms with Gasteiger partial charge in [-0.2, -0.15) is 0 Å². The first-order chi connectivity index (χ1) is 8.16.